The summed E-state index contributed by atoms with van der Waals surface area (Å²) in [5, 5.41) is 3.52. The fourth-order valence-electron chi connectivity index (χ4n) is 2.86. The fraction of sp³-hybridized carbons (Fsp3) is 0.0952. The monoisotopic (exact) mass is 391 g/mol. The summed E-state index contributed by atoms with van der Waals surface area (Å²) in [4.78, 5) is 16.9. The molecule has 2 aromatic carbocycles. The topological polar surface area (TPSA) is 73.3 Å². The summed E-state index contributed by atoms with van der Waals surface area (Å²) in [5.41, 5.74) is 3.82. The van der Waals surface area contributed by atoms with E-state index in [2.05, 4.69) is 14.7 Å². The Morgan fingerprint density at radius 3 is 2.50 bits per heavy atom. The maximum absolute atomic E-state index is 12.4. The second kappa shape index (κ2) is 7.66. The van der Waals surface area contributed by atoms with Crippen LogP contribution in [-0.2, 0) is 0 Å². The van der Waals surface area contributed by atoms with E-state index in [1.54, 1.807) is 32.5 Å². The fourth-order valence-corrected chi connectivity index (χ4v) is 3.57. The Bertz CT molecular complexity index is 1140. The molecular formula is C21H17N3O3S. The lowest BCUT2D eigenvalue weighted by Crippen LogP contribution is -2.10. The van der Waals surface area contributed by atoms with Gasteiger partial charge >= 0.3 is 0 Å². The number of hydrogen-bond acceptors (Lipinski definition) is 6. The molecule has 0 saturated carbocycles. The summed E-state index contributed by atoms with van der Waals surface area (Å²) in [7, 11) is 3.21. The highest BCUT2D eigenvalue weighted by atomic mass is 32.1. The number of methoxy groups -OCH3 is 2. The first kappa shape index (κ1) is 17.9. The van der Waals surface area contributed by atoms with Crippen LogP contribution in [0.15, 0.2) is 60.8 Å². The number of carbonyl (C=O) groups excluding carboxylic acids is 1. The average Bonchev–Trinajstić information content (AvgIpc) is 3.15. The SMILES string of the molecule is COc1ccc(-c2cnc3c(NC(=O)c4ccccc4)snc3c2)cc1OC. The van der Waals surface area contributed by atoms with E-state index in [0.29, 0.717) is 27.6 Å². The molecule has 4 rings (SSSR count). The van der Waals surface area contributed by atoms with Crippen molar-refractivity contribution in [2.45, 2.75) is 0 Å². The van der Waals surface area contributed by atoms with Gasteiger partial charge in [-0.1, -0.05) is 24.3 Å². The number of nitrogens with zero attached hydrogens (tertiary/aromatic N) is 2. The minimum Gasteiger partial charge on any atom is -0.493 e. The van der Waals surface area contributed by atoms with E-state index in [1.807, 2.05) is 42.5 Å². The maximum atomic E-state index is 12.4. The Balaban J connectivity index is 1.64. The van der Waals surface area contributed by atoms with Crippen LogP contribution in [0.4, 0.5) is 5.00 Å². The van der Waals surface area contributed by atoms with Gasteiger partial charge in [0.05, 0.1) is 14.2 Å². The molecule has 0 aliphatic rings. The van der Waals surface area contributed by atoms with E-state index in [1.165, 1.54) is 11.5 Å². The lowest BCUT2D eigenvalue weighted by Gasteiger charge is -2.09. The van der Waals surface area contributed by atoms with Gasteiger partial charge in [0.25, 0.3) is 5.91 Å². The third-order valence-electron chi connectivity index (χ3n) is 4.30. The van der Waals surface area contributed by atoms with Gasteiger partial charge in [0.15, 0.2) is 11.5 Å². The van der Waals surface area contributed by atoms with Crippen molar-refractivity contribution in [3.63, 3.8) is 0 Å². The van der Waals surface area contributed by atoms with E-state index < -0.39 is 0 Å². The largest absolute Gasteiger partial charge is 0.493 e. The molecule has 0 aliphatic heterocycles. The molecule has 0 saturated heterocycles. The third kappa shape index (κ3) is 3.39. The number of carbonyl (C=O) groups is 1. The predicted molar refractivity (Wildman–Crippen MR) is 110 cm³/mol. The van der Waals surface area contributed by atoms with Gasteiger partial charge in [0.2, 0.25) is 0 Å². The lowest BCUT2D eigenvalue weighted by molar-refractivity contribution is 0.102. The molecule has 2 aromatic heterocycles. The zero-order valence-electron chi connectivity index (χ0n) is 15.3. The van der Waals surface area contributed by atoms with Crippen molar-refractivity contribution in [3.05, 3.63) is 66.4 Å². The third-order valence-corrected chi connectivity index (χ3v) is 5.06. The molecule has 0 fully saturated rings. The number of rotatable bonds is 5. The molecule has 28 heavy (non-hydrogen) atoms. The lowest BCUT2D eigenvalue weighted by atomic mass is 10.1. The van der Waals surface area contributed by atoms with Crippen molar-refractivity contribution in [1.82, 2.24) is 9.36 Å². The molecule has 4 aromatic rings. The highest BCUT2D eigenvalue weighted by Crippen LogP contribution is 2.34. The molecule has 140 valence electrons. The smallest absolute Gasteiger partial charge is 0.256 e. The van der Waals surface area contributed by atoms with Crippen molar-refractivity contribution in [3.8, 4) is 22.6 Å². The summed E-state index contributed by atoms with van der Waals surface area (Å²) in [5.74, 6) is 1.13. The van der Waals surface area contributed by atoms with Crippen LogP contribution in [-0.4, -0.2) is 29.5 Å². The molecule has 0 aliphatic carbocycles. The van der Waals surface area contributed by atoms with Crippen molar-refractivity contribution in [2.75, 3.05) is 19.5 Å². The van der Waals surface area contributed by atoms with Gasteiger partial charge in [-0.05, 0) is 47.4 Å². The molecule has 0 radical (unpaired) electrons. The van der Waals surface area contributed by atoms with E-state index in [4.69, 9.17) is 9.47 Å². The zero-order chi connectivity index (χ0) is 19.5. The molecule has 0 unspecified atom stereocenters. The average molecular weight is 391 g/mol. The van der Waals surface area contributed by atoms with Crippen LogP contribution in [0.2, 0.25) is 0 Å². The first-order valence-electron chi connectivity index (χ1n) is 8.54. The van der Waals surface area contributed by atoms with E-state index in [-0.39, 0.29) is 5.91 Å². The van der Waals surface area contributed by atoms with Gasteiger partial charge in [-0.2, -0.15) is 4.37 Å². The summed E-state index contributed by atoms with van der Waals surface area (Å²) < 4.78 is 15.1. The van der Waals surface area contributed by atoms with Crippen molar-refractivity contribution in [1.29, 1.82) is 0 Å². The number of aromatic nitrogens is 2. The number of ether oxygens (including phenoxy) is 2. The number of anilines is 1. The normalized spacial score (nSPS) is 10.6. The van der Waals surface area contributed by atoms with Gasteiger partial charge in [0, 0.05) is 17.3 Å². The zero-order valence-corrected chi connectivity index (χ0v) is 16.1. The molecule has 1 N–H and O–H groups in total. The summed E-state index contributed by atoms with van der Waals surface area (Å²) in [6.07, 6.45) is 1.76. The van der Waals surface area contributed by atoms with E-state index >= 15 is 0 Å². The van der Waals surface area contributed by atoms with Crippen molar-refractivity contribution in [2.24, 2.45) is 0 Å². The highest BCUT2D eigenvalue weighted by molar-refractivity contribution is 7.12. The first-order chi connectivity index (χ1) is 13.7. The number of pyridine rings is 1. The van der Waals surface area contributed by atoms with Crippen LogP contribution in [0.5, 0.6) is 11.5 Å². The summed E-state index contributed by atoms with van der Waals surface area (Å²) in [6.45, 7) is 0. The van der Waals surface area contributed by atoms with Crippen molar-refractivity contribution >= 4 is 33.5 Å². The number of benzene rings is 2. The standard InChI is InChI=1S/C21H17N3O3S/c1-26-17-9-8-14(11-18(17)27-2)15-10-16-19(22-12-15)21(28-24-16)23-20(25)13-6-4-3-5-7-13/h3-12H,1-2H3,(H,23,25). The minimum atomic E-state index is -0.183. The summed E-state index contributed by atoms with van der Waals surface area (Å²) in [6, 6.07) is 16.7. The quantitative estimate of drug-likeness (QED) is 0.537. The Labute approximate surface area is 165 Å². The molecule has 0 bridgehead atoms. The molecule has 0 atom stereocenters. The maximum Gasteiger partial charge on any atom is 0.256 e. The summed E-state index contributed by atoms with van der Waals surface area (Å²) >= 11 is 1.21. The van der Waals surface area contributed by atoms with Gasteiger partial charge in [-0.25, -0.2) is 0 Å². The number of hydrogen-bond donors (Lipinski definition) is 1. The molecule has 6 nitrogen and oxygen atoms in total. The Kier molecular flexibility index (Phi) is 4.90. The van der Waals surface area contributed by atoms with E-state index in [9.17, 15) is 4.79 Å². The Hall–Kier alpha value is -3.45. The molecule has 0 spiro atoms. The van der Waals surface area contributed by atoms with Crippen LogP contribution in [0, 0.1) is 0 Å². The first-order valence-corrected chi connectivity index (χ1v) is 9.31. The van der Waals surface area contributed by atoms with Crippen LogP contribution in [0.25, 0.3) is 22.2 Å². The van der Waals surface area contributed by atoms with Gasteiger partial charge < -0.3 is 14.8 Å². The van der Waals surface area contributed by atoms with Crippen LogP contribution < -0.4 is 14.8 Å². The van der Waals surface area contributed by atoms with Crippen molar-refractivity contribution < 1.29 is 14.3 Å². The number of fused-ring (bicyclic) bond motifs is 1. The Morgan fingerprint density at radius 1 is 0.964 bits per heavy atom. The van der Waals surface area contributed by atoms with Gasteiger partial charge in [-0.3, -0.25) is 9.78 Å². The molecular weight excluding hydrogens is 374 g/mol. The predicted octanol–water partition coefficient (Wildman–Crippen LogP) is 4.63. The van der Waals surface area contributed by atoms with Crippen LogP contribution in [0.1, 0.15) is 10.4 Å². The highest BCUT2D eigenvalue weighted by Gasteiger charge is 2.14. The number of nitrogens with one attached hydrogen (secondary N) is 1. The minimum absolute atomic E-state index is 0.183. The van der Waals surface area contributed by atoms with Crippen LogP contribution >= 0.6 is 11.5 Å². The molecule has 7 heteroatoms. The molecule has 1 amide bonds. The van der Waals surface area contributed by atoms with Gasteiger partial charge in [-0.15, -0.1) is 0 Å². The number of amides is 1. The second-order valence-corrected chi connectivity index (χ2v) is 6.77. The van der Waals surface area contributed by atoms with E-state index in [0.717, 1.165) is 16.6 Å². The molecule has 2 heterocycles. The Morgan fingerprint density at radius 2 is 1.75 bits per heavy atom. The van der Waals surface area contributed by atoms with Gasteiger partial charge in [0.1, 0.15) is 16.0 Å². The van der Waals surface area contributed by atoms with Crippen LogP contribution in [0.3, 0.4) is 0 Å². The second-order valence-electron chi connectivity index (χ2n) is 5.99.